The van der Waals surface area contributed by atoms with Crippen molar-refractivity contribution in [2.75, 3.05) is 6.54 Å². The second-order valence-electron chi connectivity index (χ2n) is 6.40. The van der Waals surface area contributed by atoms with Crippen LogP contribution in [0.4, 0.5) is 0 Å². The van der Waals surface area contributed by atoms with E-state index in [2.05, 4.69) is 44.5 Å². The number of nitrogens with zero attached hydrogens (tertiary/aromatic N) is 3. The van der Waals surface area contributed by atoms with E-state index in [0.717, 1.165) is 42.2 Å². The highest BCUT2D eigenvalue weighted by molar-refractivity contribution is 5.72. The zero-order valence-corrected chi connectivity index (χ0v) is 14.3. The molecule has 0 unspecified atom stereocenters. The summed E-state index contributed by atoms with van der Waals surface area (Å²) in [7, 11) is 0. The van der Waals surface area contributed by atoms with Crippen LogP contribution in [0.3, 0.4) is 0 Å². The first-order chi connectivity index (χ1) is 11.6. The molecule has 1 saturated heterocycles. The van der Waals surface area contributed by atoms with Crippen LogP contribution >= 0.6 is 0 Å². The van der Waals surface area contributed by atoms with Crippen LogP contribution in [0.15, 0.2) is 36.5 Å². The molecule has 1 aliphatic heterocycles. The molecule has 24 heavy (non-hydrogen) atoms. The van der Waals surface area contributed by atoms with Gasteiger partial charge in [-0.15, -0.1) is 0 Å². The van der Waals surface area contributed by atoms with Crippen molar-refractivity contribution >= 4 is 5.91 Å². The lowest BCUT2D eigenvalue weighted by Gasteiger charge is -2.24. The maximum absolute atomic E-state index is 11.0. The lowest BCUT2D eigenvalue weighted by molar-refractivity contribution is -0.119. The summed E-state index contributed by atoms with van der Waals surface area (Å²) in [4.78, 5) is 22.7. The van der Waals surface area contributed by atoms with Gasteiger partial charge < -0.3 is 5.32 Å². The molecule has 2 aromatic rings. The standard InChI is InChI=1S/C19H24N4O/c1-14-5-3-6-17(22-14)13-23-10-4-7-19(23)18-9-8-16(12-21-18)11-20-15(2)24/h3,5-6,8-9,12,19H,4,7,10-11,13H2,1-2H3,(H,20,24)/t19-/m1/s1. The fraction of sp³-hybridized carbons (Fsp3) is 0.421. The lowest BCUT2D eigenvalue weighted by Crippen LogP contribution is -2.24. The summed E-state index contributed by atoms with van der Waals surface area (Å²) in [5, 5.41) is 2.80. The van der Waals surface area contributed by atoms with Gasteiger partial charge in [0, 0.05) is 31.9 Å². The van der Waals surface area contributed by atoms with Gasteiger partial charge in [0.15, 0.2) is 0 Å². The van der Waals surface area contributed by atoms with E-state index in [1.165, 1.54) is 13.3 Å². The molecular formula is C19H24N4O. The molecule has 3 rings (SSSR count). The maximum atomic E-state index is 11.0. The van der Waals surface area contributed by atoms with Gasteiger partial charge in [-0.25, -0.2) is 0 Å². The Labute approximate surface area is 143 Å². The van der Waals surface area contributed by atoms with Crippen LogP contribution in [0.25, 0.3) is 0 Å². The first-order valence-electron chi connectivity index (χ1n) is 8.47. The van der Waals surface area contributed by atoms with Crippen molar-refractivity contribution in [2.45, 2.75) is 45.8 Å². The minimum Gasteiger partial charge on any atom is -0.352 e. The topological polar surface area (TPSA) is 58.1 Å². The van der Waals surface area contributed by atoms with E-state index in [4.69, 9.17) is 0 Å². The van der Waals surface area contributed by atoms with E-state index in [-0.39, 0.29) is 5.91 Å². The molecular weight excluding hydrogens is 300 g/mol. The quantitative estimate of drug-likeness (QED) is 0.919. The Morgan fingerprint density at radius 1 is 1.33 bits per heavy atom. The smallest absolute Gasteiger partial charge is 0.217 e. The van der Waals surface area contributed by atoms with Crippen LogP contribution in [-0.4, -0.2) is 27.3 Å². The third kappa shape index (κ3) is 4.17. The number of rotatable bonds is 5. The number of amides is 1. The van der Waals surface area contributed by atoms with Gasteiger partial charge in [-0.05, 0) is 50.1 Å². The van der Waals surface area contributed by atoms with Gasteiger partial charge in [-0.1, -0.05) is 12.1 Å². The first kappa shape index (κ1) is 16.6. The van der Waals surface area contributed by atoms with Gasteiger partial charge in [0.05, 0.1) is 17.4 Å². The van der Waals surface area contributed by atoms with Gasteiger partial charge in [-0.2, -0.15) is 0 Å². The van der Waals surface area contributed by atoms with E-state index in [1.54, 1.807) is 0 Å². The third-order valence-electron chi connectivity index (χ3n) is 4.41. The van der Waals surface area contributed by atoms with Crippen molar-refractivity contribution in [3.8, 4) is 0 Å². The van der Waals surface area contributed by atoms with Crippen LogP contribution < -0.4 is 5.32 Å². The summed E-state index contributed by atoms with van der Waals surface area (Å²) in [6.45, 7) is 6.03. The zero-order chi connectivity index (χ0) is 16.9. The summed E-state index contributed by atoms with van der Waals surface area (Å²) >= 11 is 0. The molecule has 1 amide bonds. The summed E-state index contributed by atoms with van der Waals surface area (Å²) in [5.41, 5.74) is 4.30. The van der Waals surface area contributed by atoms with E-state index in [1.807, 2.05) is 19.2 Å². The number of hydrogen-bond donors (Lipinski definition) is 1. The van der Waals surface area contributed by atoms with Crippen LogP contribution in [0.2, 0.25) is 0 Å². The van der Waals surface area contributed by atoms with Crippen LogP contribution in [-0.2, 0) is 17.9 Å². The molecule has 0 radical (unpaired) electrons. The second kappa shape index (κ2) is 7.53. The number of carbonyl (C=O) groups excluding carboxylic acids is 1. The summed E-state index contributed by atoms with van der Waals surface area (Å²) in [6, 6.07) is 10.7. The van der Waals surface area contributed by atoms with Gasteiger partial charge in [0.25, 0.3) is 0 Å². The van der Waals surface area contributed by atoms with Gasteiger partial charge in [0.1, 0.15) is 0 Å². The molecule has 3 heterocycles. The van der Waals surface area contributed by atoms with Crippen molar-refractivity contribution in [2.24, 2.45) is 0 Å². The highest BCUT2D eigenvalue weighted by Gasteiger charge is 2.27. The second-order valence-corrected chi connectivity index (χ2v) is 6.40. The SMILES string of the molecule is CC(=O)NCc1ccc([C@H]2CCCN2Cc2cccc(C)n2)nc1. The van der Waals surface area contributed by atoms with Crippen LogP contribution in [0.1, 0.15) is 48.5 Å². The molecule has 1 N–H and O–H groups in total. The number of pyridine rings is 2. The van der Waals surface area contributed by atoms with Crippen LogP contribution in [0, 0.1) is 6.92 Å². The van der Waals surface area contributed by atoms with Crippen molar-refractivity contribution in [3.63, 3.8) is 0 Å². The normalized spacial score (nSPS) is 17.8. The Kier molecular flexibility index (Phi) is 5.20. The average Bonchev–Trinajstić information content (AvgIpc) is 3.01. The molecule has 0 aromatic carbocycles. The Balaban J connectivity index is 1.67. The Morgan fingerprint density at radius 2 is 2.21 bits per heavy atom. The molecule has 0 spiro atoms. The summed E-state index contributed by atoms with van der Waals surface area (Å²) in [6.07, 6.45) is 4.18. The molecule has 126 valence electrons. The van der Waals surface area contributed by atoms with E-state index < -0.39 is 0 Å². The van der Waals surface area contributed by atoms with Crippen molar-refractivity contribution in [3.05, 3.63) is 59.2 Å². The number of hydrogen-bond acceptors (Lipinski definition) is 4. The zero-order valence-electron chi connectivity index (χ0n) is 14.3. The predicted octanol–water partition coefficient (Wildman–Crippen LogP) is 2.76. The number of nitrogens with one attached hydrogen (secondary N) is 1. The Hall–Kier alpha value is -2.27. The minimum absolute atomic E-state index is 0.0216. The molecule has 2 aromatic heterocycles. The fourth-order valence-corrected chi connectivity index (χ4v) is 3.21. The molecule has 0 bridgehead atoms. The molecule has 1 atom stereocenters. The predicted molar refractivity (Wildman–Crippen MR) is 93.1 cm³/mol. The average molecular weight is 324 g/mol. The van der Waals surface area contributed by atoms with Gasteiger partial charge >= 0.3 is 0 Å². The highest BCUT2D eigenvalue weighted by Crippen LogP contribution is 2.31. The van der Waals surface area contributed by atoms with E-state index in [0.29, 0.717) is 12.6 Å². The van der Waals surface area contributed by atoms with Crippen LogP contribution in [0.5, 0.6) is 0 Å². The van der Waals surface area contributed by atoms with Gasteiger partial charge in [0.2, 0.25) is 5.91 Å². The molecule has 1 aliphatic rings. The summed E-state index contributed by atoms with van der Waals surface area (Å²) < 4.78 is 0. The first-order valence-corrected chi connectivity index (χ1v) is 8.47. The lowest BCUT2D eigenvalue weighted by atomic mass is 10.1. The molecule has 0 aliphatic carbocycles. The number of carbonyl (C=O) groups is 1. The number of aryl methyl sites for hydroxylation is 1. The monoisotopic (exact) mass is 324 g/mol. The number of likely N-dealkylation sites (tertiary alicyclic amines) is 1. The summed E-state index contributed by atoms with van der Waals surface area (Å²) in [5.74, 6) is -0.0216. The van der Waals surface area contributed by atoms with E-state index in [9.17, 15) is 4.79 Å². The van der Waals surface area contributed by atoms with Crippen molar-refractivity contribution in [1.29, 1.82) is 0 Å². The molecule has 5 heteroatoms. The largest absolute Gasteiger partial charge is 0.352 e. The Morgan fingerprint density at radius 3 is 2.92 bits per heavy atom. The molecule has 5 nitrogen and oxygen atoms in total. The van der Waals surface area contributed by atoms with E-state index >= 15 is 0 Å². The van der Waals surface area contributed by atoms with Gasteiger partial charge in [-0.3, -0.25) is 19.7 Å². The van der Waals surface area contributed by atoms with Crippen molar-refractivity contribution < 1.29 is 4.79 Å². The molecule has 0 saturated carbocycles. The Bertz CT molecular complexity index is 699. The third-order valence-corrected chi connectivity index (χ3v) is 4.41. The molecule has 1 fully saturated rings. The maximum Gasteiger partial charge on any atom is 0.217 e. The van der Waals surface area contributed by atoms with Crippen molar-refractivity contribution in [1.82, 2.24) is 20.2 Å². The highest BCUT2D eigenvalue weighted by atomic mass is 16.1. The minimum atomic E-state index is -0.0216. The fourth-order valence-electron chi connectivity index (χ4n) is 3.21. The number of aromatic nitrogens is 2.